The number of hydrogen-bond donors (Lipinski definition) is 4. The van der Waals surface area contributed by atoms with Gasteiger partial charge in [-0.3, -0.25) is 4.79 Å². The average molecular weight is 411 g/mol. The maximum absolute atomic E-state index is 12.3. The van der Waals surface area contributed by atoms with Gasteiger partial charge in [-0.2, -0.15) is 0 Å². The molecule has 0 spiro atoms. The van der Waals surface area contributed by atoms with Crippen LogP contribution in [0, 0.1) is 17.8 Å². The Morgan fingerprint density at radius 2 is 1.90 bits per heavy atom. The minimum atomic E-state index is -1.47. The van der Waals surface area contributed by atoms with E-state index >= 15 is 0 Å². The van der Waals surface area contributed by atoms with Gasteiger partial charge in [0.1, 0.15) is 30.2 Å². The number of ether oxygens (including phenoxy) is 2. The lowest BCUT2D eigenvalue weighted by Gasteiger charge is -2.41. The number of rotatable bonds is 3. The Morgan fingerprint density at radius 3 is 2.59 bits per heavy atom. The molecule has 1 heterocycles. The van der Waals surface area contributed by atoms with Crippen molar-refractivity contribution in [3.8, 4) is 0 Å². The molecular formula is C22H34O7. The molecule has 4 N–H and O–H groups in total. The van der Waals surface area contributed by atoms with Crippen LogP contribution in [0.5, 0.6) is 0 Å². The van der Waals surface area contributed by atoms with Crippen LogP contribution < -0.4 is 0 Å². The first-order valence-corrected chi connectivity index (χ1v) is 10.6. The van der Waals surface area contributed by atoms with Crippen molar-refractivity contribution < 1.29 is 34.7 Å². The molecule has 1 saturated heterocycles. The number of carbonyl (C=O) groups is 1. The molecule has 3 aliphatic rings. The Labute approximate surface area is 172 Å². The van der Waals surface area contributed by atoms with Gasteiger partial charge in [0.15, 0.2) is 6.29 Å². The van der Waals surface area contributed by atoms with Gasteiger partial charge in [0.25, 0.3) is 0 Å². The van der Waals surface area contributed by atoms with E-state index in [0.29, 0.717) is 24.5 Å². The van der Waals surface area contributed by atoms with Gasteiger partial charge in [0.05, 0.1) is 12.7 Å². The Hall–Kier alpha value is -1.09. The van der Waals surface area contributed by atoms with E-state index in [9.17, 15) is 25.2 Å². The third-order valence-corrected chi connectivity index (χ3v) is 6.82. The third kappa shape index (κ3) is 4.81. The molecule has 9 atom stereocenters. The van der Waals surface area contributed by atoms with Crippen LogP contribution in [0.3, 0.4) is 0 Å². The van der Waals surface area contributed by atoms with Crippen LogP contribution in [-0.2, 0) is 14.3 Å². The predicted octanol–water partition coefficient (Wildman–Crippen LogP) is 1.09. The van der Waals surface area contributed by atoms with E-state index in [-0.39, 0.29) is 11.8 Å². The van der Waals surface area contributed by atoms with Gasteiger partial charge in [-0.25, -0.2) is 0 Å². The van der Waals surface area contributed by atoms with Crippen LogP contribution >= 0.6 is 0 Å². The van der Waals surface area contributed by atoms with Crippen molar-refractivity contribution in [1.29, 1.82) is 0 Å². The summed E-state index contributed by atoms with van der Waals surface area (Å²) >= 11 is 0. The number of fused-ring (bicyclic) bond motifs is 1. The minimum absolute atomic E-state index is 0.0566. The second-order valence-corrected chi connectivity index (χ2v) is 8.84. The monoisotopic (exact) mass is 410 g/mol. The number of allylic oxidation sites excluding steroid dienone is 2. The molecule has 29 heavy (non-hydrogen) atoms. The molecule has 3 rings (SSSR count). The lowest BCUT2D eigenvalue weighted by molar-refractivity contribution is -0.308. The summed E-state index contributed by atoms with van der Waals surface area (Å²) in [6.45, 7) is 5.54. The highest BCUT2D eigenvalue weighted by molar-refractivity contribution is 5.83. The van der Waals surface area contributed by atoms with Crippen LogP contribution in [0.4, 0.5) is 0 Å². The number of carbonyl (C=O) groups excluding carboxylic acids is 1. The molecule has 0 amide bonds. The number of aliphatic hydroxyl groups excluding tert-OH is 4. The van der Waals surface area contributed by atoms with Gasteiger partial charge in [0.2, 0.25) is 0 Å². The summed E-state index contributed by atoms with van der Waals surface area (Å²) in [4.78, 5) is 12.3. The maximum atomic E-state index is 12.3. The summed E-state index contributed by atoms with van der Waals surface area (Å²) in [5.74, 6) is 0.841. The molecule has 1 aliphatic heterocycles. The van der Waals surface area contributed by atoms with Crippen molar-refractivity contribution in [3.05, 3.63) is 23.3 Å². The highest BCUT2D eigenvalue weighted by atomic mass is 16.7. The van der Waals surface area contributed by atoms with Crippen LogP contribution in [0.25, 0.3) is 0 Å². The molecule has 9 unspecified atom stereocenters. The number of Topliss-reactive ketones (excluding diaryl/α,β-unsaturated/α-hetero) is 1. The lowest BCUT2D eigenvalue weighted by Crippen LogP contribution is -2.59. The highest BCUT2D eigenvalue weighted by Gasteiger charge is 2.45. The Kier molecular flexibility index (Phi) is 7.30. The van der Waals surface area contributed by atoms with E-state index in [2.05, 4.69) is 19.1 Å². The summed E-state index contributed by atoms with van der Waals surface area (Å²) in [5.41, 5.74) is 2.18. The average Bonchev–Trinajstić information content (AvgIpc) is 2.95. The van der Waals surface area contributed by atoms with Crippen molar-refractivity contribution in [2.24, 2.45) is 17.8 Å². The van der Waals surface area contributed by atoms with Crippen LogP contribution in [0.15, 0.2) is 23.3 Å². The fourth-order valence-corrected chi connectivity index (χ4v) is 4.77. The largest absolute Gasteiger partial charge is 0.394 e. The number of aliphatic hydroxyl groups is 4. The van der Waals surface area contributed by atoms with E-state index in [0.717, 1.165) is 18.4 Å². The Morgan fingerprint density at radius 1 is 1.17 bits per heavy atom. The fraction of sp³-hybridized carbons (Fsp3) is 0.773. The second-order valence-electron chi connectivity index (χ2n) is 8.84. The van der Waals surface area contributed by atoms with Crippen LogP contribution in [-0.4, -0.2) is 69.6 Å². The number of ketones is 1. The van der Waals surface area contributed by atoms with E-state index in [1.807, 2.05) is 13.8 Å². The van der Waals surface area contributed by atoms with Gasteiger partial charge in [0, 0.05) is 12.3 Å². The summed E-state index contributed by atoms with van der Waals surface area (Å²) in [7, 11) is 0. The first-order chi connectivity index (χ1) is 13.7. The zero-order valence-electron chi connectivity index (χ0n) is 17.4. The second kappa shape index (κ2) is 9.37. The van der Waals surface area contributed by atoms with E-state index in [1.54, 1.807) is 0 Å². The first kappa shape index (κ1) is 22.6. The number of hydrogen-bond acceptors (Lipinski definition) is 7. The molecule has 1 saturated carbocycles. The molecule has 0 aromatic carbocycles. The van der Waals surface area contributed by atoms with Crippen molar-refractivity contribution >= 4 is 5.78 Å². The Bertz CT molecular complexity index is 656. The molecule has 7 nitrogen and oxygen atoms in total. The fourth-order valence-electron chi connectivity index (χ4n) is 4.77. The molecule has 0 aromatic rings. The quantitative estimate of drug-likeness (QED) is 0.515. The van der Waals surface area contributed by atoms with Gasteiger partial charge < -0.3 is 29.9 Å². The molecule has 164 valence electrons. The summed E-state index contributed by atoms with van der Waals surface area (Å²) in [6.07, 6.45) is 0.367. The molecule has 0 radical (unpaired) electrons. The van der Waals surface area contributed by atoms with Crippen molar-refractivity contribution in [1.82, 2.24) is 0 Å². The highest BCUT2D eigenvalue weighted by Crippen LogP contribution is 2.40. The van der Waals surface area contributed by atoms with E-state index in [4.69, 9.17) is 9.47 Å². The SMILES string of the molecule is CC1=CCC(OC2OC(CO)C(O)C(O)C2O)C(C)=CC2CC(=O)C(C)C2CC1. The minimum Gasteiger partial charge on any atom is -0.394 e. The molecule has 7 heteroatoms. The van der Waals surface area contributed by atoms with Gasteiger partial charge in [-0.15, -0.1) is 0 Å². The van der Waals surface area contributed by atoms with E-state index in [1.165, 1.54) is 5.57 Å². The van der Waals surface area contributed by atoms with Gasteiger partial charge in [-0.1, -0.05) is 24.6 Å². The Balaban J connectivity index is 1.82. The molecule has 2 fully saturated rings. The predicted molar refractivity (Wildman–Crippen MR) is 106 cm³/mol. The molecule has 0 aromatic heterocycles. The van der Waals surface area contributed by atoms with Crippen LogP contribution in [0.2, 0.25) is 0 Å². The summed E-state index contributed by atoms with van der Waals surface area (Å²) < 4.78 is 11.6. The topological polar surface area (TPSA) is 116 Å². The normalized spacial score (nSPS) is 44.1. The van der Waals surface area contributed by atoms with Crippen molar-refractivity contribution in [2.45, 2.75) is 83.3 Å². The van der Waals surface area contributed by atoms with Gasteiger partial charge >= 0.3 is 0 Å². The molecular weight excluding hydrogens is 376 g/mol. The van der Waals surface area contributed by atoms with Crippen molar-refractivity contribution in [2.75, 3.05) is 6.61 Å². The smallest absolute Gasteiger partial charge is 0.187 e. The van der Waals surface area contributed by atoms with Crippen LogP contribution in [0.1, 0.15) is 46.5 Å². The van der Waals surface area contributed by atoms with Gasteiger partial charge in [-0.05, 0) is 50.5 Å². The molecule has 2 aliphatic carbocycles. The summed E-state index contributed by atoms with van der Waals surface area (Å²) in [6, 6.07) is 0. The van der Waals surface area contributed by atoms with E-state index < -0.39 is 43.4 Å². The first-order valence-electron chi connectivity index (χ1n) is 10.6. The maximum Gasteiger partial charge on any atom is 0.187 e. The summed E-state index contributed by atoms with van der Waals surface area (Å²) in [5, 5.41) is 39.7. The lowest BCUT2D eigenvalue weighted by atomic mass is 9.83. The molecule has 0 bridgehead atoms. The standard InChI is InChI=1S/C22H34O7/c1-11-4-6-15-13(3)16(24)9-14(15)8-12(2)17(7-5-11)28-22-21(27)20(26)19(25)18(10-23)29-22/h5,8,13-15,17-23,25-27H,4,6-7,9-10H2,1-3H3. The zero-order valence-corrected chi connectivity index (χ0v) is 17.4. The third-order valence-electron chi connectivity index (χ3n) is 6.82. The zero-order chi connectivity index (χ0) is 21.3. The van der Waals surface area contributed by atoms with Crippen molar-refractivity contribution in [3.63, 3.8) is 0 Å².